The fraction of sp³-hybridized carbons (Fsp3) is 0. The first kappa shape index (κ1) is 12.2. The van der Waals surface area contributed by atoms with Gasteiger partial charge in [0.1, 0.15) is 22.2 Å². The predicted molar refractivity (Wildman–Crippen MR) is 67.9 cm³/mol. The molecule has 2 rings (SSSR count). The summed E-state index contributed by atoms with van der Waals surface area (Å²) in [5.41, 5.74) is 12.3. The number of rotatable bonds is 3. The summed E-state index contributed by atoms with van der Waals surface area (Å²) in [6.07, 6.45) is 0. The number of aromatic amines is 2. The minimum absolute atomic E-state index is 0.206. The van der Waals surface area contributed by atoms with Gasteiger partial charge in [-0.05, 0) is 23.5 Å². The van der Waals surface area contributed by atoms with Gasteiger partial charge in [0.25, 0.3) is 0 Å². The van der Waals surface area contributed by atoms with Crippen LogP contribution in [0.2, 0.25) is 0 Å². The Balaban J connectivity index is 2.56. The molecule has 0 aliphatic rings. The number of thioether (sulfide) groups is 2. The maximum absolute atomic E-state index is 8.72. The summed E-state index contributed by atoms with van der Waals surface area (Å²) in [7, 11) is 0. The Bertz CT molecular complexity index is 599. The van der Waals surface area contributed by atoms with E-state index in [9.17, 15) is 0 Å². The van der Waals surface area contributed by atoms with Crippen LogP contribution in [0.3, 0.4) is 0 Å². The van der Waals surface area contributed by atoms with Gasteiger partial charge in [-0.15, -0.1) is 0 Å². The average molecular weight is 278 g/mol. The summed E-state index contributed by atoms with van der Waals surface area (Å²) in [5, 5.41) is 34.3. The molecular weight excluding hydrogens is 272 g/mol. The Hall–Kier alpha value is -2.30. The largest absolute Gasteiger partial charge is 0.381 e. The van der Waals surface area contributed by atoms with Crippen molar-refractivity contribution in [3.63, 3.8) is 0 Å². The molecule has 0 saturated heterocycles. The third-order valence-corrected chi connectivity index (χ3v) is 3.46. The molecule has 2 aromatic rings. The molecule has 0 unspecified atom stereocenters. The predicted octanol–water partition coefficient (Wildman–Crippen LogP) is 1.11. The molecule has 0 aromatic carbocycles. The maximum atomic E-state index is 8.72. The van der Waals surface area contributed by atoms with E-state index in [1.54, 1.807) is 0 Å². The molecule has 6 N–H and O–H groups in total. The molecule has 0 aliphatic carbocycles. The van der Waals surface area contributed by atoms with Gasteiger partial charge in [0.15, 0.2) is 11.6 Å². The lowest BCUT2D eigenvalue weighted by Gasteiger charge is -1.98. The molecule has 2 heterocycles. The van der Waals surface area contributed by atoms with E-state index in [4.69, 9.17) is 22.0 Å². The monoisotopic (exact) mass is 278 g/mol. The number of H-pyrrole nitrogens is 2. The van der Waals surface area contributed by atoms with Crippen molar-refractivity contribution in [3.05, 3.63) is 0 Å². The first-order valence-electron chi connectivity index (χ1n) is 4.49. The number of nitrogen functional groups attached to an aromatic ring is 2. The van der Waals surface area contributed by atoms with E-state index in [0.717, 1.165) is 23.5 Å². The Morgan fingerprint density at radius 3 is 1.61 bits per heavy atom. The van der Waals surface area contributed by atoms with Gasteiger partial charge >= 0.3 is 0 Å². The standard InChI is InChI=1S/C8H6N8S2/c9-1-17-5-3(13-15-7(5)11)4-6(18-2-10)8(12)16-14-4/h(H3,11,13,15)(H3,12,14,16). The second-order valence-corrected chi connectivity index (χ2v) is 4.60. The van der Waals surface area contributed by atoms with Crippen LogP contribution in [0.5, 0.6) is 0 Å². The molecule has 0 aliphatic heterocycles. The molecule has 0 atom stereocenters. The first-order chi connectivity index (χ1) is 8.69. The number of nitriles is 2. The van der Waals surface area contributed by atoms with Crippen molar-refractivity contribution >= 4 is 35.2 Å². The number of thiocyanates is 2. The lowest BCUT2D eigenvalue weighted by molar-refractivity contribution is 1.06. The van der Waals surface area contributed by atoms with E-state index in [1.165, 1.54) is 0 Å². The van der Waals surface area contributed by atoms with Gasteiger partial charge in [-0.3, -0.25) is 10.2 Å². The van der Waals surface area contributed by atoms with Gasteiger partial charge < -0.3 is 11.5 Å². The topological polar surface area (TPSA) is 157 Å². The number of hydrogen-bond donors (Lipinski definition) is 4. The minimum atomic E-state index is 0.206. The van der Waals surface area contributed by atoms with Gasteiger partial charge in [-0.2, -0.15) is 20.7 Å². The summed E-state index contributed by atoms with van der Waals surface area (Å²) >= 11 is 1.74. The van der Waals surface area contributed by atoms with Gasteiger partial charge in [-0.1, -0.05) is 0 Å². The van der Waals surface area contributed by atoms with Crippen LogP contribution in [-0.4, -0.2) is 20.4 Å². The number of nitrogens with two attached hydrogens (primary N) is 2. The van der Waals surface area contributed by atoms with Crippen molar-refractivity contribution in [2.45, 2.75) is 9.79 Å². The SMILES string of the molecule is N#CSc1c(N)n[nH]c1-c1[nH]nc(N)c1SC#N. The van der Waals surface area contributed by atoms with Crippen molar-refractivity contribution in [3.8, 4) is 22.2 Å². The van der Waals surface area contributed by atoms with Crippen LogP contribution in [0.1, 0.15) is 0 Å². The molecule has 90 valence electrons. The van der Waals surface area contributed by atoms with Gasteiger partial charge in [0.05, 0.1) is 9.79 Å². The minimum Gasteiger partial charge on any atom is -0.381 e. The molecule has 0 saturated carbocycles. The van der Waals surface area contributed by atoms with Crippen LogP contribution in [0, 0.1) is 21.3 Å². The quantitative estimate of drug-likeness (QED) is 0.480. The van der Waals surface area contributed by atoms with Crippen LogP contribution >= 0.6 is 23.5 Å². The fourth-order valence-electron chi connectivity index (χ4n) is 1.33. The van der Waals surface area contributed by atoms with E-state index >= 15 is 0 Å². The summed E-state index contributed by atoms with van der Waals surface area (Å²) in [6.45, 7) is 0. The molecule has 0 fully saturated rings. The Kier molecular flexibility index (Phi) is 3.32. The second kappa shape index (κ2) is 4.91. The van der Waals surface area contributed by atoms with Gasteiger partial charge in [0, 0.05) is 0 Å². The second-order valence-electron chi connectivity index (χ2n) is 3.01. The summed E-state index contributed by atoms with van der Waals surface area (Å²) in [5.74, 6) is 0.412. The Morgan fingerprint density at radius 1 is 0.889 bits per heavy atom. The molecule has 0 spiro atoms. The fourth-order valence-corrected chi connectivity index (χ4v) is 2.31. The van der Waals surface area contributed by atoms with Crippen molar-refractivity contribution in [2.24, 2.45) is 0 Å². The van der Waals surface area contributed by atoms with E-state index in [-0.39, 0.29) is 11.6 Å². The summed E-state index contributed by atoms with van der Waals surface area (Å²) < 4.78 is 0. The first-order valence-corrected chi connectivity index (χ1v) is 6.12. The summed E-state index contributed by atoms with van der Waals surface area (Å²) in [4.78, 5) is 0.946. The zero-order valence-corrected chi connectivity index (χ0v) is 10.4. The zero-order valence-electron chi connectivity index (χ0n) is 8.76. The Labute approximate surface area is 110 Å². The smallest absolute Gasteiger partial charge is 0.160 e. The normalized spacial score (nSPS) is 9.89. The maximum Gasteiger partial charge on any atom is 0.160 e. The van der Waals surface area contributed by atoms with E-state index < -0.39 is 0 Å². The van der Waals surface area contributed by atoms with Crippen LogP contribution < -0.4 is 11.5 Å². The highest BCUT2D eigenvalue weighted by atomic mass is 32.2. The van der Waals surface area contributed by atoms with Crippen LogP contribution in [0.25, 0.3) is 11.4 Å². The average Bonchev–Trinajstić information content (AvgIpc) is 2.87. The molecular formula is C8H6N8S2. The highest BCUT2D eigenvalue weighted by Crippen LogP contribution is 2.38. The highest BCUT2D eigenvalue weighted by Gasteiger charge is 2.20. The number of anilines is 2. The van der Waals surface area contributed by atoms with Crippen LogP contribution in [-0.2, 0) is 0 Å². The van der Waals surface area contributed by atoms with E-state index in [2.05, 4.69) is 20.4 Å². The van der Waals surface area contributed by atoms with Crippen molar-refractivity contribution in [1.29, 1.82) is 10.5 Å². The molecule has 0 radical (unpaired) electrons. The van der Waals surface area contributed by atoms with Crippen molar-refractivity contribution < 1.29 is 0 Å². The van der Waals surface area contributed by atoms with Crippen molar-refractivity contribution in [1.82, 2.24) is 20.4 Å². The number of nitrogens with one attached hydrogen (secondary N) is 2. The van der Waals surface area contributed by atoms with E-state index in [1.807, 2.05) is 10.8 Å². The van der Waals surface area contributed by atoms with Crippen molar-refractivity contribution in [2.75, 3.05) is 11.5 Å². The molecule has 18 heavy (non-hydrogen) atoms. The van der Waals surface area contributed by atoms with Gasteiger partial charge in [0.2, 0.25) is 0 Å². The molecule has 0 bridgehead atoms. The lowest BCUT2D eigenvalue weighted by Crippen LogP contribution is -1.87. The zero-order chi connectivity index (χ0) is 13.1. The number of hydrogen-bond acceptors (Lipinski definition) is 8. The van der Waals surface area contributed by atoms with Crippen LogP contribution in [0.4, 0.5) is 11.6 Å². The third-order valence-electron chi connectivity index (χ3n) is 2.04. The Morgan fingerprint density at radius 2 is 1.28 bits per heavy atom. The summed E-state index contributed by atoms with van der Waals surface area (Å²) in [6, 6.07) is 0. The molecule has 8 nitrogen and oxygen atoms in total. The number of aromatic nitrogens is 4. The lowest BCUT2D eigenvalue weighted by atomic mass is 10.3. The molecule has 2 aromatic heterocycles. The third kappa shape index (κ3) is 1.95. The molecule has 0 amide bonds. The van der Waals surface area contributed by atoms with Gasteiger partial charge in [-0.25, -0.2) is 0 Å². The molecule has 10 heteroatoms. The highest BCUT2D eigenvalue weighted by molar-refractivity contribution is 8.04. The number of nitrogens with zero attached hydrogens (tertiary/aromatic N) is 4. The van der Waals surface area contributed by atoms with E-state index in [0.29, 0.717) is 21.2 Å². The van der Waals surface area contributed by atoms with Crippen LogP contribution in [0.15, 0.2) is 9.79 Å².